The van der Waals surface area contributed by atoms with Gasteiger partial charge in [-0.15, -0.1) is 0 Å². The smallest absolute Gasteiger partial charge is 0.318 e. The number of phenols is 1. The molecule has 2 saturated heterocycles. The van der Waals surface area contributed by atoms with Gasteiger partial charge >= 0.3 is 6.01 Å². The first-order chi connectivity index (χ1) is 19.8. The van der Waals surface area contributed by atoms with Gasteiger partial charge in [-0.25, -0.2) is 8.78 Å². The van der Waals surface area contributed by atoms with Gasteiger partial charge in [0.2, 0.25) is 0 Å². The number of anilines is 2. The lowest BCUT2D eigenvalue weighted by Crippen LogP contribution is -2.46. The summed E-state index contributed by atoms with van der Waals surface area (Å²) in [5, 5.41) is 12.5. The van der Waals surface area contributed by atoms with E-state index in [2.05, 4.69) is 33.9 Å². The maximum atomic E-state index is 13.6. The SMILES string of the molecule is C=CC(=C)N1CCN(c2nc(OCCN3CCC(F)(F)C3)nc3c2CCN(c2cc(O)cc4ccccc24)C3)CC1. The molecule has 3 aromatic rings. The van der Waals surface area contributed by atoms with Crippen LogP contribution in [0.1, 0.15) is 17.7 Å². The number of rotatable bonds is 8. The number of fused-ring (bicyclic) bond motifs is 2. The van der Waals surface area contributed by atoms with Crippen molar-refractivity contribution in [1.29, 1.82) is 0 Å². The molecule has 4 heterocycles. The Bertz CT molecular complexity index is 1460. The Kier molecular flexibility index (Phi) is 7.42. The maximum absolute atomic E-state index is 13.6. The highest BCUT2D eigenvalue weighted by Gasteiger charge is 2.38. The molecule has 216 valence electrons. The second-order valence-corrected chi connectivity index (χ2v) is 11.0. The number of ether oxygens (including phenoxy) is 1. The Labute approximate surface area is 239 Å². The van der Waals surface area contributed by atoms with Crippen LogP contribution in [0.4, 0.5) is 20.3 Å². The van der Waals surface area contributed by atoms with Gasteiger partial charge in [0.1, 0.15) is 18.2 Å². The minimum atomic E-state index is -2.63. The summed E-state index contributed by atoms with van der Waals surface area (Å²) in [6.07, 6.45) is 2.41. The summed E-state index contributed by atoms with van der Waals surface area (Å²) in [5.41, 5.74) is 3.86. The molecule has 1 aromatic heterocycles. The number of aromatic nitrogens is 2. The largest absolute Gasteiger partial charge is 0.508 e. The molecular formula is C31H36F2N6O2. The van der Waals surface area contributed by atoms with Crippen LogP contribution in [0.2, 0.25) is 0 Å². The fourth-order valence-corrected chi connectivity index (χ4v) is 6.06. The van der Waals surface area contributed by atoms with Crippen LogP contribution >= 0.6 is 0 Å². The van der Waals surface area contributed by atoms with E-state index in [0.29, 0.717) is 19.6 Å². The van der Waals surface area contributed by atoms with Crippen molar-refractivity contribution >= 4 is 22.3 Å². The molecule has 0 saturated carbocycles. The Morgan fingerprint density at radius 1 is 1.05 bits per heavy atom. The number of alkyl halides is 2. The van der Waals surface area contributed by atoms with Gasteiger partial charge in [0.15, 0.2) is 0 Å². The highest BCUT2D eigenvalue weighted by atomic mass is 19.3. The molecule has 2 aromatic carbocycles. The second kappa shape index (κ2) is 11.2. The first-order valence-electron chi connectivity index (χ1n) is 14.2. The zero-order valence-electron chi connectivity index (χ0n) is 23.2. The monoisotopic (exact) mass is 562 g/mol. The standard InChI is InChI=1S/C31H36F2N6O2/c1-3-22(2)37-12-14-38(15-13-37)29-26-8-10-39(28-19-24(40)18-23-6-4-5-7-25(23)28)20-27(26)34-30(35-29)41-17-16-36-11-9-31(32,33)21-36/h3-7,18-19,40H,1-2,8-17,20-21H2. The van der Waals surface area contributed by atoms with Crippen LogP contribution in [-0.4, -0.2) is 89.8 Å². The van der Waals surface area contributed by atoms with Crippen LogP contribution in [0.15, 0.2) is 61.3 Å². The molecule has 0 atom stereocenters. The average molecular weight is 563 g/mol. The van der Waals surface area contributed by atoms with Crippen molar-refractivity contribution in [2.45, 2.75) is 25.3 Å². The van der Waals surface area contributed by atoms with E-state index in [9.17, 15) is 13.9 Å². The molecule has 0 amide bonds. The molecule has 1 N–H and O–H groups in total. The van der Waals surface area contributed by atoms with Crippen molar-refractivity contribution in [2.75, 3.05) is 68.8 Å². The molecule has 2 fully saturated rings. The van der Waals surface area contributed by atoms with E-state index >= 15 is 0 Å². The van der Waals surface area contributed by atoms with E-state index in [1.807, 2.05) is 24.3 Å². The Hall–Kier alpha value is -3.92. The minimum absolute atomic E-state index is 0.115. The van der Waals surface area contributed by atoms with E-state index in [-0.39, 0.29) is 31.3 Å². The normalized spacial score (nSPS) is 18.9. The van der Waals surface area contributed by atoms with Crippen LogP contribution in [0.3, 0.4) is 0 Å². The summed E-state index contributed by atoms with van der Waals surface area (Å²) in [4.78, 5) is 18.1. The van der Waals surface area contributed by atoms with Crippen molar-refractivity contribution < 1.29 is 18.6 Å². The molecule has 8 nitrogen and oxygen atoms in total. The minimum Gasteiger partial charge on any atom is -0.508 e. The summed E-state index contributed by atoms with van der Waals surface area (Å²) >= 11 is 0. The predicted molar refractivity (Wildman–Crippen MR) is 157 cm³/mol. The van der Waals surface area contributed by atoms with E-state index in [1.165, 1.54) is 0 Å². The highest BCUT2D eigenvalue weighted by molar-refractivity contribution is 5.95. The Balaban J connectivity index is 1.27. The number of nitrogens with zero attached hydrogens (tertiary/aromatic N) is 6. The number of hydrogen-bond donors (Lipinski definition) is 1. The van der Waals surface area contributed by atoms with Crippen molar-refractivity contribution in [3.63, 3.8) is 0 Å². The highest BCUT2D eigenvalue weighted by Crippen LogP contribution is 2.36. The molecule has 10 heteroatoms. The third-order valence-electron chi connectivity index (χ3n) is 8.30. The van der Waals surface area contributed by atoms with Gasteiger partial charge in [-0.05, 0) is 23.9 Å². The molecule has 0 bridgehead atoms. The van der Waals surface area contributed by atoms with Gasteiger partial charge in [-0.3, -0.25) is 4.90 Å². The third kappa shape index (κ3) is 5.79. The molecule has 0 unspecified atom stereocenters. The number of phenolic OH excluding ortho intramolecular Hbond substituents is 1. The number of halogens is 2. The van der Waals surface area contributed by atoms with Crippen LogP contribution in [-0.2, 0) is 13.0 Å². The van der Waals surface area contributed by atoms with E-state index < -0.39 is 5.92 Å². The summed E-state index contributed by atoms with van der Waals surface area (Å²) in [7, 11) is 0. The predicted octanol–water partition coefficient (Wildman–Crippen LogP) is 4.44. The van der Waals surface area contributed by atoms with E-state index in [0.717, 1.165) is 78.4 Å². The van der Waals surface area contributed by atoms with E-state index in [4.69, 9.17) is 14.7 Å². The van der Waals surface area contributed by atoms with Crippen molar-refractivity contribution in [1.82, 2.24) is 19.8 Å². The van der Waals surface area contributed by atoms with Crippen molar-refractivity contribution in [2.24, 2.45) is 0 Å². The molecule has 0 radical (unpaired) electrons. The zero-order chi connectivity index (χ0) is 28.6. The lowest BCUT2D eigenvalue weighted by molar-refractivity contribution is 0.0112. The van der Waals surface area contributed by atoms with Crippen LogP contribution < -0.4 is 14.5 Å². The van der Waals surface area contributed by atoms with Crippen molar-refractivity contribution in [3.8, 4) is 11.8 Å². The Morgan fingerprint density at radius 2 is 1.85 bits per heavy atom. The van der Waals surface area contributed by atoms with Gasteiger partial charge < -0.3 is 24.5 Å². The van der Waals surface area contributed by atoms with Gasteiger partial charge in [0.25, 0.3) is 5.92 Å². The Morgan fingerprint density at radius 3 is 2.61 bits per heavy atom. The van der Waals surface area contributed by atoms with Gasteiger partial charge in [-0.1, -0.05) is 37.4 Å². The number of benzene rings is 2. The molecular weight excluding hydrogens is 526 g/mol. The van der Waals surface area contributed by atoms with Crippen LogP contribution in [0.5, 0.6) is 11.8 Å². The molecule has 3 aliphatic heterocycles. The maximum Gasteiger partial charge on any atom is 0.318 e. The second-order valence-electron chi connectivity index (χ2n) is 11.0. The number of piperazine rings is 1. The number of allylic oxidation sites excluding steroid dienone is 1. The van der Waals surface area contributed by atoms with Crippen molar-refractivity contribution in [3.05, 3.63) is 72.6 Å². The number of hydrogen-bond acceptors (Lipinski definition) is 8. The number of likely N-dealkylation sites (tertiary alicyclic amines) is 1. The third-order valence-corrected chi connectivity index (χ3v) is 8.30. The average Bonchev–Trinajstić information content (AvgIpc) is 3.33. The van der Waals surface area contributed by atoms with Gasteiger partial charge in [-0.2, -0.15) is 9.97 Å². The molecule has 6 rings (SSSR count). The van der Waals surface area contributed by atoms with Gasteiger partial charge in [0.05, 0.1) is 18.8 Å². The first kappa shape index (κ1) is 27.3. The fraction of sp³-hybridized carbons (Fsp3) is 0.419. The lowest BCUT2D eigenvalue weighted by Gasteiger charge is -2.39. The lowest BCUT2D eigenvalue weighted by atomic mass is 10.0. The topological polar surface area (TPSA) is 68.2 Å². The molecule has 0 aliphatic carbocycles. The molecule has 0 spiro atoms. The van der Waals surface area contributed by atoms with E-state index in [1.54, 1.807) is 17.0 Å². The summed E-state index contributed by atoms with van der Waals surface area (Å²) < 4.78 is 33.3. The van der Waals surface area contributed by atoms with Crippen LogP contribution in [0, 0.1) is 0 Å². The zero-order valence-corrected chi connectivity index (χ0v) is 23.2. The van der Waals surface area contributed by atoms with Gasteiger partial charge in [0, 0.05) is 80.6 Å². The quantitative estimate of drug-likeness (QED) is 0.405. The molecule has 41 heavy (non-hydrogen) atoms. The first-order valence-corrected chi connectivity index (χ1v) is 14.2. The molecule has 3 aliphatic rings. The van der Waals surface area contributed by atoms with Crippen LogP contribution in [0.25, 0.3) is 10.8 Å². The number of aromatic hydroxyl groups is 1. The summed E-state index contributed by atoms with van der Waals surface area (Å²) in [5.74, 6) is -1.53. The summed E-state index contributed by atoms with van der Waals surface area (Å²) in [6, 6.07) is 11.9. The fourth-order valence-electron chi connectivity index (χ4n) is 6.06. The summed E-state index contributed by atoms with van der Waals surface area (Å²) in [6.45, 7) is 13.2.